The average molecular weight is 392 g/mol. The van der Waals surface area contributed by atoms with Gasteiger partial charge >= 0.3 is 6.09 Å². The van der Waals surface area contributed by atoms with Crippen LogP contribution in [0.25, 0.3) is 0 Å². The number of carbonyl (C=O) groups excluding carboxylic acids is 2. The van der Waals surface area contributed by atoms with Gasteiger partial charge in [0.05, 0.1) is 12.1 Å². The van der Waals surface area contributed by atoms with E-state index in [1.54, 1.807) is 31.7 Å². The Morgan fingerprint density at radius 1 is 1.39 bits per heavy atom. The molecule has 1 aliphatic rings. The zero-order chi connectivity index (χ0) is 20.7. The van der Waals surface area contributed by atoms with E-state index in [9.17, 15) is 14.7 Å². The predicted octanol–water partition coefficient (Wildman–Crippen LogP) is 3.02. The number of alkyl carbamates (subject to hydrolysis) is 1. The number of likely N-dealkylation sites (tertiary alicyclic amines) is 1. The molecule has 0 bridgehead atoms. The minimum Gasteiger partial charge on any atom is -0.491 e. The lowest BCUT2D eigenvalue weighted by atomic mass is 10.0. The molecule has 1 unspecified atom stereocenters. The minimum absolute atomic E-state index is 0.0767. The van der Waals surface area contributed by atoms with E-state index in [-0.39, 0.29) is 11.9 Å². The first-order valence-electron chi connectivity index (χ1n) is 9.79. The largest absolute Gasteiger partial charge is 0.491 e. The molecule has 0 aliphatic carbocycles. The van der Waals surface area contributed by atoms with E-state index < -0.39 is 17.8 Å². The lowest BCUT2D eigenvalue weighted by molar-refractivity contribution is -0.135. The number of aliphatic hydroxyl groups is 1. The van der Waals surface area contributed by atoms with E-state index in [4.69, 9.17) is 9.47 Å². The third-order valence-corrected chi connectivity index (χ3v) is 4.64. The SMILES string of the molecule is CN1C(=O)CCCC1COc1cccc([C@H](O)CCNC(=O)OC(C)(C)C)c1. The monoisotopic (exact) mass is 392 g/mol. The summed E-state index contributed by atoms with van der Waals surface area (Å²) in [7, 11) is 1.81. The molecule has 1 heterocycles. The van der Waals surface area contributed by atoms with Gasteiger partial charge in [-0.25, -0.2) is 4.79 Å². The fourth-order valence-corrected chi connectivity index (χ4v) is 3.05. The lowest BCUT2D eigenvalue weighted by Gasteiger charge is -2.32. The molecule has 1 fully saturated rings. The van der Waals surface area contributed by atoms with Gasteiger partial charge in [-0.2, -0.15) is 0 Å². The Hall–Kier alpha value is -2.28. The number of aliphatic hydroxyl groups excluding tert-OH is 1. The summed E-state index contributed by atoms with van der Waals surface area (Å²) < 4.78 is 11.0. The average Bonchev–Trinajstić information content (AvgIpc) is 2.61. The van der Waals surface area contributed by atoms with Gasteiger partial charge in [0.25, 0.3) is 0 Å². The Morgan fingerprint density at radius 2 is 2.14 bits per heavy atom. The van der Waals surface area contributed by atoms with Gasteiger partial charge in [-0.3, -0.25) is 4.79 Å². The first kappa shape index (κ1) is 22.0. The van der Waals surface area contributed by atoms with Crippen LogP contribution in [0.2, 0.25) is 0 Å². The molecular formula is C21H32N2O5. The van der Waals surface area contributed by atoms with Crippen molar-refractivity contribution in [2.75, 3.05) is 20.2 Å². The summed E-state index contributed by atoms with van der Waals surface area (Å²) >= 11 is 0. The molecule has 0 saturated carbocycles. The molecule has 0 radical (unpaired) electrons. The Labute approximate surface area is 167 Å². The van der Waals surface area contributed by atoms with Crippen LogP contribution in [0.5, 0.6) is 5.75 Å². The second-order valence-corrected chi connectivity index (χ2v) is 8.17. The molecule has 2 rings (SSSR count). The van der Waals surface area contributed by atoms with Crippen LogP contribution in [-0.2, 0) is 9.53 Å². The van der Waals surface area contributed by atoms with Crippen molar-refractivity contribution >= 4 is 12.0 Å². The minimum atomic E-state index is -0.725. The van der Waals surface area contributed by atoms with Gasteiger partial charge in [0.15, 0.2) is 0 Å². The number of nitrogens with one attached hydrogen (secondary N) is 1. The van der Waals surface area contributed by atoms with Crippen molar-refractivity contribution in [1.82, 2.24) is 10.2 Å². The molecule has 1 saturated heterocycles. The molecule has 2 amide bonds. The smallest absolute Gasteiger partial charge is 0.407 e. The van der Waals surface area contributed by atoms with Crippen LogP contribution < -0.4 is 10.1 Å². The number of piperidine rings is 1. The summed E-state index contributed by atoms with van der Waals surface area (Å²) in [5.74, 6) is 0.810. The van der Waals surface area contributed by atoms with E-state index in [0.717, 1.165) is 18.4 Å². The molecule has 7 heteroatoms. The molecular weight excluding hydrogens is 360 g/mol. The number of rotatable bonds is 7. The highest BCUT2D eigenvalue weighted by Gasteiger charge is 2.25. The molecule has 2 N–H and O–H groups in total. The molecule has 1 aromatic carbocycles. The summed E-state index contributed by atoms with van der Waals surface area (Å²) in [6.45, 7) is 6.13. The van der Waals surface area contributed by atoms with Crippen LogP contribution in [-0.4, -0.2) is 53.8 Å². The topological polar surface area (TPSA) is 88.1 Å². The van der Waals surface area contributed by atoms with E-state index in [1.807, 2.05) is 25.2 Å². The fraction of sp³-hybridized carbons (Fsp3) is 0.619. The van der Waals surface area contributed by atoms with Crippen molar-refractivity contribution in [3.05, 3.63) is 29.8 Å². The Kier molecular flexibility index (Phi) is 7.69. The number of hydrogen-bond donors (Lipinski definition) is 2. The summed E-state index contributed by atoms with van der Waals surface area (Å²) in [5, 5.41) is 13.0. The molecule has 156 valence electrons. The van der Waals surface area contributed by atoms with Crippen molar-refractivity contribution in [3.8, 4) is 5.75 Å². The number of carbonyl (C=O) groups is 2. The third-order valence-electron chi connectivity index (χ3n) is 4.64. The van der Waals surface area contributed by atoms with Crippen LogP contribution in [0.1, 0.15) is 58.1 Å². The quantitative estimate of drug-likeness (QED) is 0.745. The number of amides is 2. The normalized spacial score (nSPS) is 18.5. The van der Waals surface area contributed by atoms with Crippen LogP contribution in [0.3, 0.4) is 0 Å². The third kappa shape index (κ3) is 7.03. The highest BCUT2D eigenvalue weighted by atomic mass is 16.6. The summed E-state index contributed by atoms with van der Waals surface area (Å²) in [6.07, 6.45) is 1.57. The number of likely N-dealkylation sites (N-methyl/N-ethyl adjacent to an activating group) is 1. The Balaban J connectivity index is 1.81. The van der Waals surface area contributed by atoms with E-state index in [1.165, 1.54) is 0 Å². The van der Waals surface area contributed by atoms with Gasteiger partial charge in [0.2, 0.25) is 5.91 Å². The molecule has 0 aromatic heterocycles. The number of nitrogens with zero attached hydrogens (tertiary/aromatic N) is 1. The second kappa shape index (κ2) is 9.78. The van der Waals surface area contributed by atoms with Crippen molar-refractivity contribution in [1.29, 1.82) is 0 Å². The van der Waals surface area contributed by atoms with Crippen molar-refractivity contribution in [2.24, 2.45) is 0 Å². The van der Waals surface area contributed by atoms with Gasteiger partial charge < -0.3 is 24.8 Å². The van der Waals surface area contributed by atoms with Crippen LogP contribution in [0.4, 0.5) is 4.79 Å². The standard InChI is InChI=1S/C21H32N2O5/c1-21(2,3)28-20(26)22-12-11-18(24)15-7-5-9-17(13-15)27-14-16-8-6-10-19(25)23(16)4/h5,7,9,13,16,18,24H,6,8,10-12,14H2,1-4H3,(H,22,26)/t16?,18-/m1/s1. The first-order valence-corrected chi connectivity index (χ1v) is 9.79. The molecule has 7 nitrogen and oxygen atoms in total. The predicted molar refractivity (Wildman–Crippen MR) is 106 cm³/mol. The van der Waals surface area contributed by atoms with E-state index in [2.05, 4.69) is 5.32 Å². The molecule has 1 aliphatic heterocycles. The maximum atomic E-state index is 11.8. The zero-order valence-corrected chi connectivity index (χ0v) is 17.2. The van der Waals surface area contributed by atoms with Gasteiger partial charge in [-0.1, -0.05) is 12.1 Å². The van der Waals surface area contributed by atoms with Gasteiger partial charge in [-0.05, 0) is 57.7 Å². The Morgan fingerprint density at radius 3 is 2.86 bits per heavy atom. The number of hydrogen-bond acceptors (Lipinski definition) is 5. The van der Waals surface area contributed by atoms with Crippen molar-refractivity contribution < 1.29 is 24.2 Å². The van der Waals surface area contributed by atoms with Gasteiger partial charge in [-0.15, -0.1) is 0 Å². The summed E-state index contributed by atoms with van der Waals surface area (Å²) in [5.41, 5.74) is 0.169. The van der Waals surface area contributed by atoms with Crippen LogP contribution in [0, 0.1) is 0 Å². The Bertz CT molecular complexity index is 671. The van der Waals surface area contributed by atoms with E-state index >= 15 is 0 Å². The number of ether oxygens (including phenoxy) is 2. The molecule has 1 aromatic rings. The summed E-state index contributed by atoms with van der Waals surface area (Å²) in [4.78, 5) is 25.2. The van der Waals surface area contributed by atoms with Crippen molar-refractivity contribution in [3.63, 3.8) is 0 Å². The molecule has 28 heavy (non-hydrogen) atoms. The highest BCUT2D eigenvalue weighted by molar-refractivity contribution is 5.76. The fourth-order valence-electron chi connectivity index (χ4n) is 3.05. The van der Waals surface area contributed by atoms with Gasteiger partial charge in [0, 0.05) is 20.0 Å². The maximum absolute atomic E-state index is 11.8. The molecule has 0 spiro atoms. The highest BCUT2D eigenvalue weighted by Crippen LogP contribution is 2.23. The van der Waals surface area contributed by atoms with Crippen LogP contribution >= 0.6 is 0 Å². The summed E-state index contributed by atoms with van der Waals surface area (Å²) in [6, 6.07) is 7.35. The van der Waals surface area contributed by atoms with Gasteiger partial charge in [0.1, 0.15) is 18.0 Å². The molecule has 2 atom stereocenters. The lowest BCUT2D eigenvalue weighted by Crippen LogP contribution is -2.43. The maximum Gasteiger partial charge on any atom is 0.407 e. The van der Waals surface area contributed by atoms with E-state index in [0.29, 0.717) is 31.7 Å². The van der Waals surface area contributed by atoms with Crippen LogP contribution in [0.15, 0.2) is 24.3 Å². The first-order chi connectivity index (χ1) is 13.2. The second-order valence-electron chi connectivity index (χ2n) is 8.17. The number of benzene rings is 1. The zero-order valence-electron chi connectivity index (χ0n) is 17.2. The van der Waals surface area contributed by atoms with Crippen molar-refractivity contribution in [2.45, 2.75) is 64.2 Å².